The molecule has 0 fully saturated rings. The molecule has 0 spiro atoms. The van der Waals surface area contributed by atoms with Crippen molar-refractivity contribution in [1.82, 2.24) is 20.1 Å². The molecule has 122 valence electrons. The molecule has 1 heterocycles. The lowest BCUT2D eigenvalue weighted by Crippen LogP contribution is -2.29. The fourth-order valence-electron chi connectivity index (χ4n) is 2.20. The molecule has 0 aliphatic heterocycles. The molecule has 0 saturated heterocycles. The minimum Gasteiger partial charge on any atom is -0.387 e. The Kier molecular flexibility index (Phi) is 4.88. The topological polar surface area (TPSA) is 80.0 Å². The van der Waals surface area contributed by atoms with Gasteiger partial charge >= 0.3 is 0 Å². The zero-order valence-electron chi connectivity index (χ0n) is 12.6. The molecular formula is C17H15ClN4O2. The first-order valence-electron chi connectivity index (χ1n) is 7.33. The fraction of sp³-hybridized carbons (Fsp3) is 0.118. The summed E-state index contributed by atoms with van der Waals surface area (Å²) in [7, 11) is 0. The summed E-state index contributed by atoms with van der Waals surface area (Å²) in [6.07, 6.45) is 0.563. The van der Waals surface area contributed by atoms with Gasteiger partial charge in [0.05, 0.1) is 11.8 Å². The molecule has 0 aliphatic rings. The molecule has 1 atom stereocenters. The highest BCUT2D eigenvalue weighted by atomic mass is 35.5. The van der Waals surface area contributed by atoms with Gasteiger partial charge in [-0.2, -0.15) is 0 Å². The minimum absolute atomic E-state index is 0.0163. The zero-order chi connectivity index (χ0) is 16.9. The quantitative estimate of drug-likeness (QED) is 0.746. The van der Waals surface area contributed by atoms with Crippen LogP contribution in [0, 0.1) is 0 Å². The Morgan fingerprint density at radius 1 is 1.17 bits per heavy atom. The van der Waals surface area contributed by atoms with Crippen LogP contribution in [0.15, 0.2) is 60.9 Å². The van der Waals surface area contributed by atoms with E-state index in [0.717, 1.165) is 5.69 Å². The maximum atomic E-state index is 12.1. The van der Waals surface area contributed by atoms with Crippen LogP contribution < -0.4 is 5.32 Å². The fourth-order valence-corrected chi connectivity index (χ4v) is 2.46. The first kappa shape index (κ1) is 16.2. The molecule has 3 aromatic rings. The number of aliphatic hydroxyl groups excluding tert-OH is 1. The van der Waals surface area contributed by atoms with Gasteiger partial charge in [0.25, 0.3) is 5.91 Å². The average molecular weight is 343 g/mol. The van der Waals surface area contributed by atoms with E-state index < -0.39 is 12.0 Å². The second-order valence-corrected chi connectivity index (χ2v) is 5.50. The first-order valence-corrected chi connectivity index (χ1v) is 7.70. The second-order valence-electron chi connectivity index (χ2n) is 5.10. The third-order valence-electron chi connectivity index (χ3n) is 3.44. The van der Waals surface area contributed by atoms with Crippen molar-refractivity contribution in [2.45, 2.75) is 6.10 Å². The highest BCUT2D eigenvalue weighted by Gasteiger charge is 2.16. The number of nitrogens with zero attached hydrogens (tertiary/aromatic N) is 3. The van der Waals surface area contributed by atoms with Gasteiger partial charge < -0.3 is 10.4 Å². The Hall–Kier alpha value is -2.70. The number of halogens is 1. The maximum Gasteiger partial charge on any atom is 0.291 e. The number of carbonyl (C=O) groups is 1. The van der Waals surface area contributed by atoms with Crippen LogP contribution >= 0.6 is 11.6 Å². The van der Waals surface area contributed by atoms with E-state index >= 15 is 0 Å². The Bertz CT molecular complexity index is 835. The molecule has 7 heteroatoms. The number of rotatable bonds is 5. The number of carbonyl (C=O) groups excluding carboxylic acids is 1. The number of para-hydroxylation sites is 1. The Morgan fingerprint density at radius 2 is 1.88 bits per heavy atom. The molecule has 2 N–H and O–H groups in total. The second kappa shape index (κ2) is 7.25. The SMILES string of the molecule is O=C(NCC(O)c1ccccc1Cl)c1ncn(-c2ccccc2)n1. The monoisotopic (exact) mass is 342 g/mol. The standard InChI is InChI=1S/C17H15ClN4O2/c18-14-9-5-4-8-13(14)15(23)10-19-17(24)16-20-11-22(21-16)12-6-2-1-3-7-12/h1-9,11,15,23H,10H2,(H,19,24). The van der Waals surface area contributed by atoms with Crippen LogP contribution in [-0.4, -0.2) is 32.3 Å². The van der Waals surface area contributed by atoms with Crippen molar-refractivity contribution in [2.75, 3.05) is 6.54 Å². The predicted octanol–water partition coefficient (Wildman–Crippen LogP) is 2.38. The Morgan fingerprint density at radius 3 is 2.62 bits per heavy atom. The third kappa shape index (κ3) is 3.61. The zero-order valence-corrected chi connectivity index (χ0v) is 13.4. The van der Waals surface area contributed by atoms with Crippen molar-refractivity contribution in [3.8, 4) is 5.69 Å². The highest BCUT2D eigenvalue weighted by molar-refractivity contribution is 6.31. The van der Waals surface area contributed by atoms with Gasteiger partial charge in [0.15, 0.2) is 0 Å². The number of benzene rings is 2. The molecule has 1 aromatic heterocycles. The third-order valence-corrected chi connectivity index (χ3v) is 3.78. The molecule has 1 unspecified atom stereocenters. The summed E-state index contributed by atoms with van der Waals surface area (Å²) in [5.41, 5.74) is 1.36. The average Bonchev–Trinajstić information content (AvgIpc) is 3.11. The van der Waals surface area contributed by atoms with Gasteiger partial charge in [0.1, 0.15) is 6.33 Å². The van der Waals surface area contributed by atoms with E-state index in [1.807, 2.05) is 30.3 Å². The number of hydrogen-bond acceptors (Lipinski definition) is 4. The maximum absolute atomic E-state index is 12.1. The van der Waals surface area contributed by atoms with Crippen molar-refractivity contribution >= 4 is 17.5 Å². The van der Waals surface area contributed by atoms with Crippen molar-refractivity contribution in [2.24, 2.45) is 0 Å². The molecular weight excluding hydrogens is 328 g/mol. The van der Waals surface area contributed by atoms with Crippen LogP contribution in [0.25, 0.3) is 5.69 Å². The van der Waals surface area contributed by atoms with Gasteiger partial charge in [-0.05, 0) is 18.2 Å². The molecule has 0 saturated carbocycles. The van der Waals surface area contributed by atoms with Gasteiger partial charge in [-0.1, -0.05) is 48.0 Å². The number of nitrogens with one attached hydrogen (secondary N) is 1. The normalized spacial score (nSPS) is 11.9. The van der Waals surface area contributed by atoms with E-state index in [9.17, 15) is 9.90 Å². The number of aliphatic hydroxyl groups is 1. The van der Waals surface area contributed by atoms with E-state index in [4.69, 9.17) is 11.6 Å². The number of hydrogen-bond donors (Lipinski definition) is 2. The van der Waals surface area contributed by atoms with E-state index in [2.05, 4.69) is 15.4 Å². The summed E-state index contributed by atoms with van der Waals surface area (Å²) in [6, 6.07) is 16.3. The van der Waals surface area contributed by atoms with Crippen molar-refractivity contribution in [1.29, 1.82) is 0 Å². The van der Waals surface area contributed by atoms with Crippen LogP contribution in [0.2, 0.25) is 5.02 Å². The lowest BCUT2D eigenvalue weighted by molar-refractivity contribution is 0.0906. The van der Waals surface area contributed by atoms with Crippen molar-refractivity contribution in [3.63, 3.8) is 0 Å². The van der Waals surface area contributed by atoms with Crippen LogP contribution in [0.1, 0.15) is 22.3 Å². The van der Waals surface area contributed by atoms with Gasteiger partial charge in [-0.3, -0.25) is 4.79 Å². The van der Waals surface area contributed by atoms with E-state index in [-0.39, 0.29) is 12.4 Å². The molecule has 2 aromatic carbocycles. The summed E-state index contributed by atoms with van der Waals surface area (Å²) in [5.74, 6) is -0.430. The van der Waals surface area contributed by atoms with Crippen LogP contribution in [0.4, 0.5) is 0 Å². The molecule has 3 rings (SSSR count). The molecule has 0 radical (unpaired) electrons. The molecule has 6 nitrogen and oxygen atoms in total. The Balaban J connectivity index is 1.64. The largest absolute Gasteiger partial charge is 0.387 e. The lowest BCUT2D eigenvalue weighted by Gasteiger charge is -2.12. The van der Waals surface area contributed by atoms with Gasteiger partial charge in [-0.15, -0.1) is 5.10 Å². The summed E-state index contributed by atoms with van der Waals surface area (Å²) < 4.78 is 1.51. The minimum atomic E-state index is -0.904. The van der Waals surface area contributed by atoms with Crippen LogP contribution in [0.3, 0.4) is 0 Å². The van der Waals surface area contributed by atoms with Crippen LogP contribution in [-0.2, 0) is 0 Å². The first-order chi connectivity index (χ1) is 11.6. The highest BCUT2D eigenvalue weighted by Crippen LogP contribution is 2.21. The summed E-state index contributed by atoms with van der Waals surface area (Å²) in [5, 5.41) is 17.3. The summed E-state index contributed by atoms with van der Waals surface area (Å²) in [4.78, 5) is 16.1. The molecule has 24 heavy (non-hydrogen) atoms. The lowest BCUT2D eigenvalue weighted by atomic mass is 10.1. The van der Waals surface area contributed by atoms with Gasteiger partial charge in [-0.25, -0.2) is 9.67 Å². The summed E-state index contributed by atoms with van der Waals surface area (Å²) in [6.45, 7) is 0.0163. The van der Waals surface area contributed by atoms with Crippen LogP contribution in [0.5, 0.6) is 0 Å². The molecule has 0 aliphatic carbocycles. The number of aromatic nitrogens is 3. The Labute approximate surface area is 143 Å². The van der Waals surface area contributed by atoms with E-state index in [1.54, 1.807) is 24.3 Å². The molecule has 1 amide bonds. The van der Waals surface area contributed by atoms with Gasteiger partial charge in [0, 0.05) is 17.1 Å². The smallest absolute Gasteiger partial charge is 0.291 e. The van der Waals surface area contributed by atoms with Crippen molar-refractivity contribution < 1.29 is 9.90 Å². The van der Waals surface area contributed by atoms with E-state index in [1.165, 1.54) is 11.0 Å². The van der Waals surface area contributed by atoms with Gasteiger partial charge in [0.2, 0.25) is 5.82 Å². The predicted molar refractivity (Wildman–Crippen MR) is 90.1 cm³/mol. The van der Waals surface area contributed by atoms with E-state index in [0.29, 0.717) is 10.6 Å². The molecule has 0 bridgehead atoms. The summed E-state index contributed by atoms with van der Waals surface area (Å²) >= 11 is 6.02. The number of amides is 1. The van der Waals surface area contributed by atoms with Crippen molar-refractivity contribution in [3.05, 3.63) is 77.3 Å².